The van der Waals surface area contributed by atoms with Crippen molar-refractivity contribution in [2.45, 2.75) is 37.9 Å². The molecule has 1 aliphatic heterocycles. The van der Waals surface area contributed by atoms with E-state index in [1.54, 1.807) is 0 Å². The molecule has 0 radical (unpaired) electrons. The fraction of sp³-hybridized carbons (Fsp3) is 0.889. The van der Waals surface area contributed by atoms with Crippen molar-refractivity contribution in [2.24, 2.45) is 0 Å². The standard InChI is InChI=1S/C9H15F2NO3/c1-6-2-3-7(15-6)8(14)12-4-9(10,11)5-13/h6-7,13H,2-5H2,1H3,(H,12,14). The van der Waals surface area contributed by atoms with Crippen LogP contribution in [-0.2, 0) is 9.53 Å². The number of hydrogen-bond acceptors (Lipinski definition) is 3. The van der Waals surface area contributed by atoms with E-state index < -0.39 is 31.1 Å². The first-order chi connectivity index (χ1) is 6.94. The van der Waals surface area contributed by atoms with Gasteiger partial charge in [0.05, 0.1) is 12.6 Å². The third-order valence-electron chi connectivity index (χ3n) is 2.28. The summed E-state index contributed by atoms with van der Waals surface area (Å²) in [6.07, 6.45) is 0.681. The Balaban J connectivity index is 2.30. The molecule has 0 aromatic carbocycles. The first-order valence-electron chi connectivity index (χ1n) is 4.86. The van der Waals surface area contributed by atoms with Crippen LogP contribution in [0.3, 0.4) is 0 Å². The summed E-state index contributed by atoms with van der Waals surface area (Å²) in [6.45, 7) is -0.290. The summed E-state index contributed by atoms with van der Waals surface area (Å²) >= 11 is 0. The van der Waals surface area contributed by atoms with Crippen LogP contribution in [0.2, 0.25) is 0 Å². The van der Waals surface area contributed by atoms with E-state index in [9.17, 15) is 13.6 Å². The minimum absolute atomic E-state index is 0.000831. The first-order valence-corrected chi connectivity index (χ1v) is 4.86. The summed E-state index contributed by atoms with van der Waals surface area (Å²) in [5.41, 5.74) is 0. The first kappa shape index (κ1) is 12.3. The zero-order chi connectivity index (χ0) is 11.5. The highest BCUT2D eigenvalue weighted by Crippen LogP contribution is 2.19. The Hall–Kier alpha value is -0.750. The van der Waals surface area contributed by atoms with Crippen LogP contribution in [0.4, 0.5) is 8.78 Å². The van der Waals surface area contributed by atoms with E-state index in [1.807, 2.05) is 6.92 Å². The van der Waals surface area contributed by atoms with E-state index in [0.717, 1.165) is 6.42 Å². The molecule has 1 saturated heterocycles. The molecule has 4 nitrogen and oxygen atoms in total. The zero-order valence-electron chi connectivity index (χ0n) is 8.50. The van der Waals surface area contributed by atoms with E-state index in [2.05, 4.69) is 5.32 Å². The molecule has 0 aromatic rings. The second-order valence-corrected chi connectivity index (χ2v) is 3.74. The van der Waals surface area contributed by atoms with Crippen molar-refractivity contribution in [2.75, 3.05) is 13.2 Å². The van der Waals surface area contributed by atoms with Gasteiger partial charge in [0, 0.05) is 0 Å². The van der Waals surface area contributed by atoms with Gasteiger partial charge in [-0.3, -0.25) is 4.79 Å². The Kier molecular flexibility index (Phi) is 3.98. The number of aliphatic hydroxyl groups is 1. The summed E-state index contributed by atoms with van der Waals surface area (Å²) in [5, 5.41) is 10.3. The Bertz CT molecular complexity index is 235. The average molecular weight is 223 g/mol. The second kappa shape index (κ2) is 4.85. The van der Waals surface area contributed by atoms with Crippen molar-refractivity contribution in [1.82, 2.24) is 5.32 Å². The van der Waals surface area contributed by atoms with E-state index in [1.165, 1.54) is 0 Å². The smallest absolute Gasteiger partial charge is 0.287 e. The van der Waals surface area contributed by atoms with Gasteiger partial charge in [0.15, 0.2) is 0 Å². The summed E-state index contributed by atoms with van der Waals surface area (Å²) in [7, 11) is 0. The number of alkyl halides is 2. The summed E-state index contributed by atoms with van der Waals surface area (Å²) < 4.78 is 30.3. The van der Waals surface area contributed by atoms with E-state index in [0.29, 0.717) is 6.42 Å². The summed E-state index contributed by atoms with van der Waals surface area (Å²) in [4.78, 5) is 11.3. The molecule has 0 aliphatic carbocycles. The molecule has 0 saturated carbocycles. The lowest BCUT2D eigenvalue weighted by molar-refractivity contribution is -0.134. The number of aliphatic hydroxyl groups excluding tert-OH is 1. The highest BCUT2D eigenvalue weighted by Gasteiger charge is 2.32. The lowest BCUT2D eigenvalue weighted by Crippen LogP contribution is -2.43. The van der Waals surface area contributed by atoms with Crippen LogP contribution in [0.1, 0.15) is 19.8 Å². The normalized spacial score (nSPS) is 26.7. The fourth-order valence-corrected chi connectivity index (χ4v) is 1.38. The largest absolute Gasteiger partial charge is 0.390 e. The highest BCUT2D eigenvalue weighted by molar-refractivity contribution is 5.81. The van der Waals surface area contributed by atoms with Gasteiger partial charge < -0.3 is 15.2 Å². The van der Waals surface area contributed by atoms with Crippen molar-refractivity contribution in [3.05, 3.63) is 0 Å². The van der Waals surface area contributed by atoms with E-state index in [-0.39, 0.29) is 6.10 Å². The van der Waals surface area contributed by atoms with Gasteiger partial charge in [-0.25, -0.2) is 8.78 Å². The van der Waals surface area contributed by atoms with Gasteiger partial charge >= 0.3 is 0 Å². The molecule has 0 bridgehead atoms. The van der Waals surface area contributed by atoms with Crippen LogP contribution < -0.4 is 5.32 Å². The lowest BCUT2D eigenvalue weighted by atomic mass is 10.2. The van der Waals surface area contributed by atoms with Gasteiger partial charge in [-0.2, -0.15) is 0 Å². The zero-order valence-corrected chi connectivity index (χ0v) is 8.50. The third-order valence-corrected chi connectivity index (χ3v) is 2.28. The number of hydrogen-bond donors (Lipinski definition) is 2. The minimum Gasteiger partial charge on any atom is -0.390 e. The topological polar surface area (TPSA) is 58.6 Å². The summed E-state index contributed by atoms with van der Waals surface area (Å²) in [5.74, 6) is -3.80. The molecule has 2 unspecified atom stereocenters. The number of halogens is 2. The monoisotopic (exact) mass is 223 g/mol. The quantitative estimate of drug-likeness (QED) is 0.720. The molecule has 1 aliphatic rings. The van der Waals surface area contributed by atoms with Crippen LogP contribution in [-0.4, -0.2) is 42.3 Å². The van der Waals surface area contributed by atoms with Crippen LogP contribution in [0.15, 0.2) is 0 Å². The van der Waals surface area contributed by atoms with Crippen LogP contribution in [0.5, 0.6) is 0 Å². The van der Waals surface area contributed by atoms with Crippen molar-refractivity contribution in [1.29, 1.82) is 0 Å². The number of carbonyl (C=O) groups is 1. The molecular formula is C9H15F2NO3. The Labute approximate surface area is 86.6 Å². The van der Waals surface area contributed by atoms with E-state index in [4.69, 9.17) is 9.84 Å². The molecule has 6 heteroatoms. The Morgan fingerprint density at radius 1 is 1.60 bits per heavy atom. The number of carbonyl (C=O) groups excluding carboxylic acids is 1. The van der Waals surface area contributed by atoms with Gasteiger partial charge in [-0.05, 0) is 19.8 Å². The second-order valence-electron chi connectivity index (χ2n) is 3.74. The predicted octanol–water partition coefficient (Wildman–Crippen LogP) is 0.298. The molecule has 0 spiro atoms. The molecular weight excluding hydrogens is 208 g/mol. The maximum Gasteiger partial charge on any atom is 0.287 e. The molecule has 1 heterocycles. The molecule has 2 atom stereocenters. The number of ether oxygens (including phenoxy) is 1. The van der Waals surface area contributed by atoms with Gasteiger partial charge in [-0.1, -0.05) is 0 Å². The number of nitrogens with one attached hydrogen (secondary N) is 1. The van der Waals surface area contributed by atoms with Gasteiger partial charge in [0.25, 0.3) is 5.92 Å². The van der Waals surface area contributed by atoms with Crippen molar-refractivity contribution >= 4 is 5.91 Å². The molecule has 88 valence electrons. The van der Waals surface area contributed by atoms with E-state index >= 15 is 0 Å². The summed E-state index contributed by atoms with van der Waals surface area (Å²) in [6, 6.07) is 0. The predicted molar refractivity (Wildman–Crippen MR) is 48.6 cm³/mol. The van der Waals surface area contributed by atoms with Gasteiger partial charge in [0.1, 0.15) is 12.7 Å². The van der Waals surface area contributed by atoms with Crippen LogP contribution >= 0.6 is 0 Å². The number of rotatable bonds is 4. The lowest BCUT2D eigenvalue weighted by Gasteiger charge is -2.16. The third kappa shape index (κ3) is 3.71. The fourth-order valence-electron chi connectivity index (χ4n) is 1.38. The van der Waals surface area contributed by atoms with Gasteiger partial charge in [-0.15, -0.1) is 0 Å². The molecule has 1 rings (SSSR count). The molecule has 1 fully saturated rings. The van der Waals surface area contributed by atoms with Crippen molar-refractivity contribution < 1.29 is 23.4 Å². The SMILES string of the molecule is CC1CCC(C(=O)NCC(F)(F)CO)O1. The van der Waals surface area contributed by atoms with Crippen molar-refractivity contribution in [3.63, 3.8) is 0 Å². The highest BCUT2D eigenvalue weighted by atomic mass is 19.3. The molecule has 15 heavy (non-hydrogen) atoms. The number of amides is 1. The van der Waals surface area contributed by atoms with Crippen molar-refractivity contribution in [3.8, 4) is 0 Å². The van der Waals surface area contributed by atoms with Crippen LogP contribution in [0, 0.1) is 0 Å². The van der Waals surface area contributed by atoms with Crippen LogP contribution in [0.25, 0.3) is 0 Å². The maximum atomic E-state index is 12.6. The van der Waals surface area contributed by atoms with Gasteiger partial charge in [0.2, 0.25) is 5.91 Å². The molecule has 2 N–H and O–H groups in total. The maximum absolute atomic E-state index is 12.6. The minimum atomic E-state index is -3.26. The molecule has 0 aromatic heterocycles. The molecule has 1 amide bonds. The average Bonchev–Trinajstić information content (AvgIpc) is 2.61. The Morgan fingerprint density at radius 2 is 2.27 bits per heavy atom. The Morgan fingerprint density at radius 3 is 2.73 bits per heavy atom.